The summed E-state index contributed by atoms with van der Waals surface area (Å²) in [6.07, 6.45) is 1.94. The van der Waals surface area contributed by atoms with Crippen molar-refractivity contribution < 1.29 is 19.2 Å². The van der Waals surface area contributed by atoms with Gasteiger partial charge < -0.3 is 14.4 Å². The second-order valence-electron chi connectivity index (χ2n) is 7.76. The Hall–Kier alpha value is -2.31. The standard InChI is InChI=1S/C19H24N2O5/c1-11-9-19-14-7-17(26-3)16(25-2)6-12(14)4-5-20(19)18(22)8-15(19)13(11)10-21(23)24/h6-7,11,13,15H,4-5,8-10H2,1-3H3/t11-,13+,15-,19-/m0/s1. The first-order valence-electron chi connectivity index (χ1n) is 9.10. The van der Waals surface area contributed by atoms with E-state index in [0.29, 0.717) is 24.5 Å². The number of carbonyl (C=O) groups is 1. The molecule has 4 rings (SSSR count). The summed E-state index contributed by atoms with van der Waals surface area (Å²) in [5, 5.41) is 11.2. The number of fused-ring (bicyclic) bond motifs is 1. The maximum absolute atomic E-state index is 12.7. The van der Waals surface area contributed by atoms with E-state index in [0.717, 1.165) is 24.0 Å². The molecule has 4 atom stereocenters. The van der Waals surface area contributed by atoms with Crippen molar-refractivity contribution >= 4 is 5.91 Å². The smallest absolute Gasteiger partial charge is 0.223 e. The van der Waals surface area contributed by atoms with Crippen LogP contribution in [0.15, 0.2) is 12.1 Å². The van der Waals surface area contributed by atoms with Crippen LogP contribution in [0.25, 0.3) is 0 Å². The van der Waals surface area contributed by atoms with Gasteiger partial charge in [-0.1, -0.05) is 6.92 Å². The lowest BCUT2D eigenvalue weighted by Crippen LogP contribution is -2.49. The van der Waals surface area contributed by atoms with E-state index in [-0.39, 0.29) is 35.1 Å². The molecule has 26 heavy (non-hydrogen) atoms. The molecule has 1 aliphatic carbocycles. The molecule has 140 valence electrons. The number of nitro groups is 1. The number of amides is 1. The first-order chi connectivity index (χ1) is 12.4. The number of hydrogen-bond acceptors (Lipinski definition) is 5. The normalized spacial score (nSPS) is 32.0. The van der Waals surface area contributed by atoms with Crippen molar-refractivity contribution in [3.8, 4) is 11.5 Å². The van der Waals surface area contributed by atoms with Gasteiger partial charge in [0.2, 0.25) is 12.5 Å². The van der Waals surface area contributed by atoms with E-state index in [9.17, 15) is 14.9 Å². The number of methoxy groups -OCH3 is 2. The maximum atomic E-state index is 12.7. The van der Waals surface area contributed by atoms with E-state index >= 15 is 0 Å². The summed E-state index contributed by atoms with van der Waals surface area (Å²) in [6.45, 7) is 2.67. The summed E-state index contributed by atoms with van der Waals surface area (Å²) in [7, 11) is 3.22. The lowest BCUT2D eigenvalue weighted by Gasteiger charge is -2.44. The molecular weight excluding hydrogens is 336 g/mol. The first kappa shape index (κ1) is 17.1. The Morgan fingerprint density at radius 1 is 1.31 bits per heavy atom. The quantitative estimate of drug-likeness (QED) is 0.607. The number of rotatable bonds is 4. The van der Waals surface area contributed by atoms with E-state index in [1.54, 1.807) is 14.2 Å². The SMILES string of the molecule is COc1cc2c(cc1OC)[C@@]13C[C@H](C)[C@@H](C[N+](=O)[O-])[C@@H]1CC(=O)N3CC2. The predicted molar refractivity (Wildman–Crippen MR) is 93.9 cm³/mol. The molecule has 1 aromatic rings. The fourth-order valence-corrected chi connectivity index (χ4v) is 5.72. The summed E-state index contributed by atoms with van der Waals surface area (Å²) < 4.78 is 10.9. The van der Waals surface area contributed by atoms with E-state index in [2.05, 4.69) is 6.92 Å². The van der Waals surface area contributed by atoms with Crippen LogP contribution >= 0.6 is 0 Å². The van der Waals surface area contributed by atoms with Gasteiger partial charge in [0.25, 0.3) is 0 Å². The van der Waals surface area contributed by atoms with Crippen LogP contribution in [0.2, 0.25) is 0 Å². The summed E-state index contributed by atoms with van der Waals surface area (Å²) in [5.41, 5.74) is 1.81. The van der Waals surface area contributed by atoms with E-state index in [1.165, 1.54) is 0 Å². The van der Waals surface area contributed by atoms with Crippen LogP contribution in [0.3, 0.4) is 0 Å². The molecule has 0 N–H and O–H groups in total. The Morgan fingerprint density at radius 2 is 2.00 bits per heavy atom. The highest BCUT2D eigenvalue weighted by Gasteiger charge is 2.64. The second-order valence-corrected chi connectivity index (χ2v) is 7.76. The van der Waals surface area contributed by atoms with Crippen LogP contribution in [-0.4, -0.2) is 43.0 Å². The number of benzene rings is 1. The van der Waals surface area contributed by atoms with Crippen LogP contribution in [0.5, 0.6) is 11.5 Å². The molecule has 2 heterocycles. The average Bonchev–Trinajstić information content (AvgIpc) is 3.03. The summed E-state index contributed by atoms with van der Waals surface area (Å²) in [4.78, 5) is 25.7. The zero-order valence-corrected chi connectivity index (χ0v) is 15.4. The second kappa shape index (κ2) is 5.86. The lowest BCUT2D eigenvalue weighted by atomic mass is 9.74. The van der Waals surface area contributed by atoms with Crippen LogP contribution in [0, 0.1) is 27.9 Å². The predicted octanol–water partition coefficient (Wildman–Crippen LogP) is 2.24. The average molecular weight is 360 g/mol. The zero-order chi connectivity index (χ0) is 18.6. The zero-order valence-electron chi connectivity index (χ0n) is 15.4. The Balaban J connectivity index is 1.88. The third-order valence-corrected chi connectivity index (χ3v) is 6.71. The van der Waals surface area contributed by atoms with Gasteiger partial charge in [0.1, 0.15) is 0 Å². The molecule has 0 aromatic heterocycles. The van der Waals surface area contributed by atoms with Crippen LogP contribution < -0.4 is 9.47 Å². The summed E-state index contributed by atoms with van der Waals surface area (Å²) in [6, 6.07) is 4.00. The van der Waals surface area contributed by atoms with Gasteiger partial charge in [-0.2, -0.15) is 0 Å². The number of hydrogen-bond donors (Lipinski definition) is 0. The van der Waals surface area contributed by atoms with Gasteiger partial charge in [-0.25, -0.2) is 0 Å². The van der Waals surface area contributed by atoms with Gasteiger partial charge in [0.15, 0.2) is 11.5 Å². The molecule has 1 saturated carbocycles. The lowest BCUT2D eigenvalue weighted by molar-refractivity contribution is -0.491. The molecule has 1 aromatic carbocycles. The van der Waals surface area contributed by atoms with E-state index in [1.807, 2.05) is 17.0 Å². The van der Waals surface area contributed by atoms with Crippen molar-refractivity contribution in [2.24, 2.45) is 17.8 Å². The highest BCUT2D eigenvalue weighted by Crippen LogP contribution is 2.61. The fraction of sp³-hybridized carbons (Fsp3) is 0.632. The number of ether oxygens (including phenoxy) is 2. The van der Waals surface area contributed by atoms with Crippen LogP contribution in [-0.2, 0) is 16.8 Å². The summed E-state index contributed by atoms with van der Waals surface area (Å²) >= 11 is 0. The molecule has 1 spiro atoms. The highest BCUT2D eigenvalue weighted by molar-refractivity contribution is 5.82. The Morgan fingerprint density at radius 3 is 2.65 bits per heavy atom. The molecule has 0 unspecified atom stereocenters. The molecule has 2 aliphatic heterocycles. The van der Waals surface area contributed by atoms with E-state index in [4.69, 9.17) is 9.47 Å². The minimum absolute atomic E-state index is 0.0208. The Bertz CT molecular complexity index is 779. The van der Waals surface area contributed by atoms with Gasteiger partial charge >= 0.3 is 0 Å². The van der Waals surface area contributed by atoms with Gasteiger partial charge in [-0.05, 0) is 42.0 Å². The van der Waals surface area contributed by atoms with Crippen molar-refractivity contribution in [2.75, 3.05) is 27.3 Å². The molecule has 1 saturated heterocycles. The monoisotopic (exact) mass is 360 g/mol. The molecule has 2 fully saturated rings. The van der Waals surface area contributed by atoms with Gasteiger partial charge in [-0.15, -0.1) is 0 Å². The van der Waals surface area contributed by atoms with Crippen molar-refractivity contribution in [1.82, 2.24) is 4.90 Å². The van der Waals surface area contributed by atoms with Crippen LogP contribution in [0.4, 0.5) is 0 Å². The first-order valence-corrected chi connectivity index (χ1v) is 9.10. The van der Waals surface area contributed by atoms with Crippen molar-refractivity contribution in [1.29, 1.82) is 0 Å². The highest BCUT2D eigenvalue weighted by atomic mass is 16.6. The van der Waals surface area contributed by atoms with Crippen molar-refractivity contribution in [3.63, 3.8) is 0 Å². The molecule has 1 amide bonds. The fourth-order valence-electron chi connectivity index (χ4n) is 5.72. The molecule has 7 heteroatoms. The van der Waals surface area contributed by atoms with Crippen LogP contribution in [0.1, 0.15) is 30.9 Å². The van der Waals surface area contributed by atoms with Gasteiger partial charge in [0, 0.05) is 29.7 Å². The van der Waals surface area contributed by atoms with Gasteiger partial charge in [0.05, 0.1) is 19.8 Å². The Kier molecular flexibility index (Phi) is 3.86. The summed E-state index contributed by atoms with van der Waals surface area (Å²) in [5.74, 6) is 1.54. The van der Waals surface area contributed by atoms with Gasteiger partial charge in [-0.3, -0.25) is 14.9 Å². The molecule has 7 nitrogen and oxygen atoms in total. The minimum Gasteiger partial charge on any atom is -0.493 e. The molecule has 3 aliphatic rings. The topological polar surface area (TPSA) is 81.9 Å². The molecule has 0 bridgehead atoms. The number of nitrogens with zero attached hydrogens (tertiary/aromatic N) is 2. The third kappa shape index (κ3) is 2.15. The van der Waals surface area contributed by atoms with E-state index < -0.39 is 5.54 Å². The van der Waals surface area contributed by atoms with Crippen molar-refractivity contribution in [2.45, 2.75) is 31.7 Å². The Labute approximate surface area is 152 Å². The third-order valence-electron chi connectivity index (χ3n) is 6.71. The molecule has 0 radical (unpaired) electrons. The molecular formula is C19H24N2O5. The largest absolute Gasteiger partial charge is 0.493 e. The number of carbonyl (C=O) groups excluding carboxylic acids is 1. The maximum Gasteiger partial charge on any atom is 0.223 e. The minimum atomic E-state index is -0.440. The van der Waals surface area contributed by atoms with Crippen molar-refractivity contribution in [3.05, 3.63) is 33.4 Å².